The van der Waals surface area contributed by atoms with E-state index >= 15 is 0 Å². The minimum absolute atomic E-state index is 0.129. The van der Waals surface area contributed by atoms with Gasteiger partial charge in [-0.15, -0.1) is 0 Å². The summed E-state index contributed by atoms with van der Waals surface area (Å²) < 4.78 is 5.54. The van der Waals surface area contributed by atoms with Crippen LogP contribution in [-0.2, 0) is 6.42 Å². The second-order valence-corrected chi connectivity index (χ2v) is 4.82. The maximum absolute atomic E-state index is 9.81. The van der Waals surface area contributed by atoms with Crippen molar-refractivity contribution in [2.75, 3.05) is 6.61 Å². The predicted octanol–water partition coefficient (Wildman–Crippen LogP) is 2.57. The molecule has 1 unspecified atom stereocenters. The van der Waals surface area contributed by atoms with E-state index in [9.17, 15) is 5.11 Å². The Balaban J connectivity index is 1.82. The van der Waals surface area contributed by atoms with Crippen molar-refractivity contribution in [3.05, 3.63) is 24.0 Å². The van der Waals surface area contributed by atoms with Gasteiger partial charge in [-0.2, -0.15) is 0 Å². The normalized spacial score (nSPS) is 16.8. The van der Waals surface area contributed by atoms with Crippen molar-refractivity contribution < 1.29 is 9.84 Å². The molecule has 3 nitrogen and oxygen atoms in total. The highest BCUT2D eigenvalue weighted by molar-refractivity contribution is 5.23. The van der Waals surface area contributed by atoms with Gasteiger partial charge in [-0.1, -0.05) is 6.92 Å². The highest BCUT2D eigenvalue weighted by Crippen LogP contribution is 2.34. The van der Waals surface area contributed by atoms with Crippen LogP contribution in [-0.4, -0.2) is 22.8 Å². The average Bonchev–Trinajstić information content (AvgIpc) is 3.18. The van der Waals surface area contributed by atoms with Gasteiger partial charge in [0.15, 0.2) is 0 Å². The number of rotatable bonds is 7. The Morgan fingerprint density at radius 3 is 3.00 bits per heavy atom. The van der Waals surface area contributed by atoms with Gasteiger partial charge in [-0.3, -0.25) is 4.98 Å². The van der Waals surface area contributed by atoms with Crippen molar-refractivity contribution in [2.45, 2.75) is 45.1 Å². The maximum atomic E-state index is 9.81. The summed E-state index contributed by atoms with van der Waals surface area (Å²) in [7, 11) is 0. The standard InChI is InChI=1S/C14H21NO2/c1-2-7-17-13-8-11(9-15-10-13)3-6-14(16)12-4-5-12/h8-10,12,14,16H,2-7H2,1H3. The van der Waals surface area contributed by atoms with E-state index in [1.165, 1.54) is 12.8 Å². The zero-order valence-corrected chi connectivity index (χ0v) is 10.4. The fourth-order valence-corrected chi connectivity index (χ4v) is 1.93. The summed E-state index contributed by atoms with van der Waals surface area (Å²) in [6.45, 7) is 2.82. The van der Waals surface area contributed by atoms with Crippen LogP contribution >= 0.6 is 0 Å². The average molecular weight is 235 g/mol. The first-order chi connectivity index (χ1) is 8.29. The van der Waals surface area contributed by atoms with E-state index in [-0.39, 0.29) is 6.10 Å². The van der Waals surface area contributed by atoms with Crippen molar-refractivity contribution in [2.24, 2.45) is 5.92 Å². The molecule has 1 aliphatic rings. The van der Waals surface area contributed by atoms with E-state index in [1.807, 2.05) is 12.3 Å². The third-order valence-electron chi connectivity index (χ3n) is 3.14. The number of pyridine rings is 1. The van der Waals surface area contributed by atoms with Crippen LogP contribution in [0.2, 0.25) is 0 Å². The molecular weight excluding hydrogens is 214 g/mol. The highest BCUT2D eigenvalue weighted by atomic mass is 16.5. The summed E-state index contributed by atoms with van der Waals surface area (Å²) in [6.07, 6.45) is 8.59. The molecule has 0 aromatic carbocycles. The van der Waals surface area contributed by atoms with Crippen LogP contribution in [0.1, 0.15) is 38.2 Å². The van der Waals surface area contributed by atoms with Gasteiger partial charge in [0, 0.05) is 6.20 Å². The van der Waals surface area contributed by atoms with Gasteiger partial charge >= 0.3 is 0 Å². The summed E-state index contributed by atoms with van der Waals surface area (Å²) in [5.41, 5.74) is 1.15. The number of ether oxygens (including phenoxy) is 1. The number of aryl methyl sites for hydroxylation is 1. The van der Waals surface area contributed by atoms with E-state index in [4.69, 9.17) is 4.74 Å². The first kappa shape index (κ1) is 12.4. The molecule has 1 aliphatic carbocycles. The molecule has 0 spiro atoms. The number of aliphatic hydroxyl groups is 1. The van der Waals surface area contributed by atoms with Crippen LogP contribution in [0.4, 0.5) is 0 Å². The molecule has 3 heteroatoms. The van der Waals surface area contributed by atoms with Crippen LogP contribution < -0.4 is 4.74 Å². The van der Waals surface area contributed by atoms with E-state index in [2.05, 4.69) is 11.9 Å². The molecule has 1 N–H and O–H groups in total. The number of aromatic nitrogens is 1. The Labute approximate surface area is 103 Å². The Morgan fingerprint density at radius 1 is 1.47 bits per heavy atom. The Morgan fingerprint density at radius 2 is 2.29 bits per heavy atom. The number of aliphatic hydroxyl groups excluding tert-OH is 1. The molecule has 0 amide bonds. The second kappa shape index (κ2) is 6.01. The molecule has 0 saturated heterocycles. The van der Waals surface area contributed by atoms with Gasteiger partial charge in [0.25, 0.3) is 0 Å². The van der Waals surface area contributed by atoms with Crippen LogP contribution in [0.3, 0.4) is 0 Å². The van der Waals surface area contributed by atoms with E-state index < -0.39 is 0 Å². The largest absolute Gasteiger partial charge is 0.492 e. The lowest BCUT2D eigenvalue weighted by atomic mass is 10.1. The lowest BCUT2D eigenvalue weighted by molar-refractivity contribution is 0.142. The molecule has 1 aromatic rings. The molecule has 0 bridgehead atoms. The van der Waals surface area contributed by atoms with Crippen LogP contribution in [0, 0.1) is 5.92 Å². The molecule has 17 heavy (non-hydrogen) atoms. The van der Waals surface area contributed by atoms with Gasteiger partial charge in [-0.25, -0.2) is 0 Å². The lowest BCUT2D eigenvalue weighted by Gasteiger charge is -2.09. The summed E-state index contributed by atoms with van der Waals surface area (Å²) in [5, 5.41) is 9.81. The monoisotopic (exact) mass is 235 g/mol. The highest BCUT2D eigenvalue weighted by Gasteiger charge is 2.29. The predicted molar refractivity (Wildman–Crippen MR) is 67.1 cm³/mol. The summed E-state index contributed by atoms with van der Waals surface area (Å²) in [6, 6.07) is 2.03. The van der Waals surface area contributed by atoms with Crippen molar-refractivity contribution >= 4 is 0 Å². The van der Waals surface area contributed by atoms with Crippen LogP contribution in [0.15, 0.2) is 18.5 Å². The third-order valence-corrected chi connectivity index (χ3v) is 3.14. The van der Waals surface area contributed by atoms with Gasteiger partial charge in [-0.05, 0) is 49.7 Å². The summed E-state index contributed by atoms with van der Waals surface area (Å²) in [4.78, 5) is 4.17. The number of hydrogen-bond acceptors (Lipinski definition) is 3. The molecule has 1 heterocycles. The number of nitrogens with zero attached hydrogens (tertiary/aromatic N) is 1. The Hall–Kier alpha value is -1.09. The molecule has 1 atom stereocenters. The molecule has 94 valence electrons. The summed E-state index contributed by atoms with van der Waals surface area (Å²) in [5.74, 6) is 1.40. The van der Waals surface area contributed by atoms with E-state index in [0.29, 0.717) is 5.92 Å². The minimum atomic E-state index is -0.129. The fraction of sp³-hybridized carbons (Fsp3) is 0.643. The van der Waals surface area contributed by atoms with Crippen molar-refractivity contribution in [3.63, 3.8) is 0 Å². The molecular formula is C14H21NO2. The van der Waals surface area contributed by atoms with E-state index in [1.54, 1.807) is 6.20 Å². The minimum Gasteiger partial charge on any atom is -0.492 e. The fourth-order valence-electron chi connectivity index (χ4n) is 1.93. The topological polar surface area (TPSA) is 42.4 Å². The van der Waals surface area contributed by atoms with Crippen molar-refractivity contribution in [1.29, 1.82) is 0 Å². The lowest BCUT2D eigenvalue weighted by Crippen LogP contribution is -2.10. The molecule has 0 radical (unpaired) electrons. The Kier molecular flexibility index (Phi) is 4.37. The van der Waals surface area contributed by atoms with Crippen LogP contribution in [0.25, 0.3) is 0 Å². The maximum Gasteiger partial charge on any atom is 0.137 e. The molecule has 1 saturated carbocycles. The zero-order valence-electron chi connectivity index (χ0n) is 10.4. The number of hydrogen-bond donors (Lipinski definition) is 1. The molecule has 0 aliphatic heterocycles. The Bertz CT molecular complexity index is 350. The van der Waals surface area contributed by atoms with Gasteiger partial charge in [0.2, 0.25) is 0 Å². The van der Waals surface area contributed by atoms with E-state index in [0.717, 1.165) is 37.2 Å². The molecule has 1 aromatic heterocycles. The van der Waals surface area contributed by atoms with Crippen molar-refractivity contribution in [3.8, 4) is 5.75 Å². The van der Waals surface area contributed by atoms with Crippen molar-refractivity contribution in [1.82, 2.24) is 4.98 Å². The SMILES string of the molecule is CCCOc1cncc(CCC(O)C2CC2)c1. The van der Waals surface area contributed by atoms with Gasteiger partial charge < -0.3 is 9.84 Å². The molecule has 2 rings (SSSR count). The van der Waals surface area contributed by atoms with Gasteiger partial charge in [0.05, 0.1) is 18.9 Å². The second-order valence-electron chi connectivity index (χ2n) is 4.82. The first-order valence-electron chi connectivity index (χ1n) is 6.54. The third kappa shape index (κ3) is 4.00. The smallest absolute Gasteiger partial charge is 0.137 e. The first-order valence-corrected chi connectivity index (χ1v) is 6.54. The van der Waals surface area contributed by atoms with Crippen LogP contribution in [0.5, 0.6) is 5.75 Å². The zero-order chi connectivity index (χ0) is 12.1. The quantitative estimate of drug-likeness (QED) is 0.789. The summed E-state index contributed by atoms with van der Waals surface area (Å²) >= 11 is 0. The van der Waals surface area contributed by atoms with Gasteiger partial charge in [0.1, 0.15) is 5.75 Å². The molecule has 1 fully saturated rings.